The summed E-state index contributed by atoms with van der Waals surface area (Å²) in [5.41, 5.74) is -3.64. The molecule has 2 unspecified atom stereocenters. The van der Waals surface area contributed by atoms with Crippen LogP contribution in [-0.2, 0) is 0 Å². The number of hydrogen-bond acceptors (Lipinski definition) is 2. The lowest BCUT2D eigenvalue weighted by Gasteiger charge is -2.32. The van der Waals surface area contributed by atoms with Crippen LogP contribution < -0.4 is 0 Å². The monoisotopic (exact) mass is 463 g/mol. The van der Waals surface area contributed by atoms with E-state index in [1.54, 1.807) is 0 Å². The van der Waals surface area contributed by atoms with E-state index in [2.05, 4.69) is 0 Å². The maximum atomic E-state index is 13.3. The minimum Gasteiger partial charge on any atom is -0.380 e. The highest BCUT2D eigenvalue weighted by molar-refractivity contribution is 5.22. The largest absolute Gasteiger partial charge is 0.459 e. The number of H-pyrrole nitrogens is 1. The van der Waals surface area contributed by atoms with Crippen molar-refractivity contribution >= 4 is 0 Å². The zero-order valence-electron chi connectivity index (χ0n) is 13.0. The van der Waals surface area contributed by atoms with Gasteiger partial charge in [0, 0.05) is 0 Å². The summed E-state index contributed by atoms with van der Waals surface area (Å²) in [5.74, 6) is -26.4. The topological polar surface area (TPSA) is 56.2 Å². The van der Waals surface area contributed by atoms with Crippen LogP contribution in [0.25, 0.3) is 0 Å². The van der Waals surface area contributed by atoms with Crippen LogP contribution in [0.2, 0.25) is 0 Å². The number of hydrogen-bond donors (Lipinski definition) is 3. The fourth-order valence-corrected chi connectivity index (χ4v) is 1.86. The third kappa shape index (κ3) is 3.85. The Labute approximate surface area is 149 Å². The van der Waals surface area contributed by atoms with Crippen molar-refractivity contribution in [3.05, 3.63) is 23.5 Å². The number of alkyl halides is 14. The molecule has 0 amide bonds. The summed E-state index contributed by atoms with van der Waals surface area (Å²) in [7, 11) is 0. The first-order valence-electron chi connectivity index (χ1n) is 6.73. The lowest BCUT2D eigenvalue weighted by Crippen LogP contribution is -2.55. The fraction of sp³-hybridized carbons (Fsp3) is 0.667. The molecule has 1 aromatic heterocycles. The number of nitrogens with one attached hydrogen (secondary N) is 1. The van der Waals surface area contributed by atoms with Gasteiger partial charge in [-0.25, -0.2) is 0 Å². The second-order valence-corrected chi connectivity index (χ2v) is 5.56. The standard InChI is InChI=1S/C12H7F14NO2/c13-7(14,9(17,18)11(21,22)23)5(28)3-1-2-4(27-3)6(29)8(15,16)10(19,20)12(24,25)26/h1-2,5-6,27-29H. The normalized spacial score (nSPS) is 17.4. The Morgan fingerprint density at radius 2 is 0.793 bits per heavy atom. The minimum absolute atomic E-state index is 0.106. The third-order valence-corrected chi connectivity index (χ3v) is 3.56. The Balaban J connectivity index is 3.29. The molecule has 17 heteroatoms. The van der Waals surface area contributed by atoms with Gasteiger partial charge in [0.2, 0.25) is 0 Å². The average Bonchev–Trinajstić information content (AvgIpc) is 3.00. The third-order valence-electron chi connectivity index (χ3n) is 3.56. The van der Waals surface area contributed by atoms with Gasteiger partial charge in [0.05, 0.1) is 11.4 Å². The smallest absolute Gasteiger partial charge is 0.380 e. The summed E-state index contributed by atoms with van der Waals surface area (Å²) in [6, 6.07) is -0.212. The molecule has 0 spiro atoms. The summed E-state index contributed by atoms with van der Waals surface area (Å²) in [4.78, 5) is 1.01. The number of aliphatic hydroxyl groups is 2. The van der Waals surface area contributed by atoms with Crippen molar-refractivity contribution in [2.24, 2.45) is 0 Å². The maximum absolute atomic E-state index is 13.3. The molecule has 0 saturated heterocycles. The number of aromatic amines is 1. The predicted octanol–water partition coefficient (Wildman–Crippen LogP) is 4.75. The van der Waals surface area contributed by atoms with Gasteiger partial charge >= 0.3 is 36.0 Å². The van der Waals surface area contributed by atoms with Crippen molar-refractivity contribution in [3.63, 3.8) is 0 Å². The molecule has 29 heavy (non-hydrogen) atoms. The molecule has 0 bridgehead atoms. The molecule has 3 N–H and O–H groups in total. The zero-order chi connectivity index (χ0) is 23.4. The Kier molecular flexibility index (Phi) is 6.00. The van der Waals surface area contributed by atoms with Gasteiger partial charge in [-0.15, -0.1) is 0 Å². The lowest BCUT2D eigenvalue weighted by atomic mass is 10.0. The highest BCUT2D eigenvalue weighted by Gasteiger charge is 2.77. The average molecular weight is 463 g/mol. The van der Waals surface area contributed by atoms with Crippen molar-refractivity contribution in [1.82, 2.24) is 4.98 Å². The minimum atomic E-state index is -6.89. The molecule has 0 aliphatic heterocycles. The van der Waals surface area contributed by atoms with Gasteiger partial charge in [0.15, 0.2) is 12.2 Å². The maximum Gasteiger partial charge on any atom is 0.459 e. The lowest BCUT2D eigenvalue weighted by molar-refractivity contribution is -0.373. The zero-order valence-corrected chi connectivity index (χ0v) is 13.0. The van der Waals surface area contributed by atoms with Crippen LogP contribution >= 0.6 is 0 Å². The Bertz CT molecular complexity index is 660. The van der Waals surface area contributed by atoms with Gasteiger partial charge < -0.3 is 15.2 Å². The summed E-state index contributed by atoms with van der Waals surface area (Å²) >= 11 is 0. The van der Waals surface area contributed by atoms with E-state index < -0.39 is 59.6 Å². The van der Waals surface area contributed by atoms with Crippen LogP contribution in [0, 0.1) is 0 Å². The molecule has 1 heterocycles. The first-order valence-corrected chi connectivity index (χ1v) is 6.73. The SMILES string of the molecule is OC(c1ccc(C(O)C(F)(F)C(F)(F)C(F)(F)F)[nH]1)C(F)(F)C(F)(F)C(F)(F)F. The Hall–Kier alpha value is -1.78. The Morgan fingerprint density at radius 1 is 0.552 bits per heavy atom. The molecule has 0 aliphatic carbocycles. The second-order valence-electron chi connectivity index (χ2n) is 5.56. The van der Waals surface area contributed by atoms with E-state index in [9.17, 15) is 61.5 Å². The molecule has 0 radical (unpaired) electrons. The van der Waals surface area contributed by atoms with Crippen molar-refractivity contribution < 1.29 is 71.7 Å². The first kappa shape index (κ1) is 25.3. The van der Waals surface area contributed by atoms with Crippen LogP contribution in [-0.4, -0.2) is 51.2 Å². The number of rotatable bonds is 6. The molecule has 170 valence electrons. The molecule has 1 aromatic rings. The molecule has 0 aromatic carbocycles. The van der Waals surface area contributed by atoms with Crippen LogP contribution in [0.4, 0.5) is 61.5 Å². The van der Waals surface area contributed by atoms with E-state index in [-0.39, 0.29) is 12.1 Å². The number of aliphatic hydroxyl groups excluding tert-OH is 2. The highest BCUT2D eigenvalue weighted by atomic mass is 19.4. The molecule has 0 saturated carbocycles. The molecule has 0 aliphatic rings. The highest BCUT2D eigenvalue weighted by Crippen LogP contribution is 2.53. The van der Waals surface area contributed by atoms with Gasteiger partial charge in [-0.1, -0.05) is 0 Å². The van der Waals surface area contributed by atoms with E-state index in [1.807, 2.05) is 0 Å². The van der Waals surface area contributed by atoms with Gasteiger partial charge in [0.1, 0.15) is 0 Å². The molecule has 2 atom stereocenters. The summed E-state index contributed by atoms with van der Waals surface area (Å²) < 4.78 is 177. The number of halogens is 14. The summed E-state index contributed by atoms with van der Waals surface area (Å²) in [6.45, 7) is 0. The van der Waals surface area contributed by atoms with Gasteiger partial charge in [-0.05, 0) is 12.1 Å². The van der Waals surface area contributed by atoms with E-state index in [0.29, 0.717) is 0 Å². The first-order chi connectivity index (χ1) is 12.5. The van der Waals surface area contributed by atoms with E-state index in [4.69, 9.17) is 10.2 Å². The molecule has 1 rings (SSSR count). The van der Waals surface area contributed by atoms with Gasteiger partial charge in [-0.2, -0.15) is 61.5 Å². The predicted molar refractivity (Wildman–Crippen MR) is 62.6 cm³/mol. The van der Waals surface area contributed by atoms with Crippen molar-refractivity contribution in [1.29, 1.82) is 0 Å². The quantitative estimate of drug-likeness (QED) is 0.534. The van der Waals surface area contributed by atoms with Crippen LogP contribution in [0.1, 0.15) is 23.6 Å². The molecule has 0 fully saturated rings. The van der Waals surface area contributed by atoms with E-state index in [1.165, 1.54) is 0 Å². The van der Waals surface area contributed by atoms with Crippen LogP contribution in [0.5, 0.6) is 0 Å². The summed E-state index contributed by atoms with van der Waals surface area (Å²) in [6.07, 6.45) is -22.0. The molecular weight excluding hydrogens is 456 g/mol. The number of aromatic nitrogens is 1. The van der Waals surface area contributed by atoms with Gasteiger partial charge in [0.25, 0.3) is 0 Å². The van der Waals surface area contributed by atoms with Gasteiger partial charge in [-0.3, -0.25) is 0 Å². The Morgan fingerprint density at radius 3 is 1.00 bits per heavy atom. The van der Waals surface area contributed by atoms with Crippen LogP contribution in [0.15, 0.2) is 12.1 Å². The second kappa shape index (κ2) is 6.88. The molecule has 3 nitrogen and oxygen atoms in total. The van der Waals surface area contributed by atoms with Crippen molar-refractivity contribution in [2.75, 3.05) is 0 Å². The van der Waals surface area contributed by atoms with Crippen molar-refractivity contribution in [2.45, 2.75) is 48.3 Å². The van der Waals surface area contributed by atoms with E-state index in [0.717, 1.165) is 4.98 Å². The fourth-order valence-electron chi connectivity index (χ4n) is 1.86. The molecular formula is C12H7F14NO2. The van der Waals surface area contributed by atoms with Crippen LogP contribution in [0.3, 0.4) is 0 Å². The summed E-state index contributed by atoms with van der Waals surface area (Å²) in [5, 5.41) is 18.2. The van der Waals surface area contributed by atoms with Crippen molar-refractivity contribution in [3.8, 4) is 0 Å². The van der Waals surface area contributed by atoms with E-state index >= 15 is 0 Å².